The maximum atomic E-state index is 12.3. The summed E-state index contributed by atoms with van der Waals surface area (Å²) in [7, 11) is 1.62. The molecular formula is C17H16ClNO3. The van der Waals surface area contributed by atoms with Gasteiger partial charge in [0.15, 0.2) is 0 Å². The maximum absolute atomic E-state index is 12.3. The van der Waals surface area contributed by atoms with Crippen molar-refractivity contribution in [1.82, 2.24) is 0 Å². The second kappa shape index (κ2) is 7.09. The fourth-order valence-electron chi connectivity index (χ4n) is 2.07. The molecule has 1 unspecified atom stereocenters. The highest BCUT2D eigenvalue weighted by Gasteiger charge is 2.21. The lowest BCUT2D eigenvalue weighted by Gasteiger charge is -2.20. The van der Waals surface area contributed by atoms with Crippen LogP contribution in [0.15, 0.2) is 54.6 Å². The van der Waals surface area contributed by atoms with Gasteiger partial charge in [-0.2, -0.15) is 0 Å². The number of halogens is 1. The van der Waals surface area contributed by atoms with Crippen molar-refractivity contribution in [2.45, 2.75) is 11.8 Å². The standard InChI is InChI=1S/C17H16ClNO3/c1-19(14-9-7-13(8-10-14)17(21)22)16(20)15(18)11-12-5-3-2-4-6-12/h2-10,15H,11H2,1H3,(H,21,22). The van der Waals surface area contributed by atoms with E-state index in [4.69, 9.17) is 16.7 Å². The Kier molecular flexibility index (Phi) is 5.17. The number of carbonyl (C=O) groups is 2. The highest BCUT2D eigenvalue weighted by atomic mass is 35.5. The first-order valence-electron chi connectivity index (χ1n) is 6.78. The Balaban J connectivity index is 2.06. The van der Waals surface area contributed by atoms with Crippen LogP contribution < -0.4 is 4.90 Å². The summed E-state index contributed by atoms with van der Waals surface area (Å²) < 4.78 is 0. The zero-order valence-electron chi connectivity index (χ0n) is 12.1. The molecule has 0 fully saturated rings. The van der Waals surface area contributed by atoms with Gasteiger partial charge >= 0.3 is 5.97 Å². The molecular weight excluding hydrogens is 302 g/mol. The van der Waals surface area contributed by atoms with Crippen LogP contribution in [-0.4, -0.2) is 29.4 Å². The van der Waals surface area contributed by atoms with Crippen molar-refractivity contribution in [1.29, 1.82) is 0 Å². The van der Waals surface area contributed by atoms with Crippen molar-refractivity contribution in [3.05, 3.63) is 65.7 Å². The Labute approximate surface area is 133 Å². The zero-order chi connectivity index (χ0) is 16.1. The minimum absolute atomic E-state index is 0.177. The van der Waals surface area contributed by atoms with E-state index in [9.17, 15) is 9.59 Å². The molecule has 0 saturated carbocycles. The Bertz CT molecular complexity index is 655. The summed E-state index contributed by atoms with van der Waals surface area (Å²) in [6.45, 7) is 0. The van der Waals surface area contributed by atoms with E-state index in [1.807, 2.05) is 30.3 Å². The van der Waals surface area contributed by atoms with Crippen molar-refractivity contribution in [3.8, 4) is 0 Å². The van der Waals surface area contributed by atoms with Gasteiger partial charge in [-0.25, -0.2) is 4.79 Å². The second-order valence-electron chi connectivity index (χ2n) is 4.91. The molecule has 0 aliphatic rings. The number of hydrogen-bond acceptors (Lipinski definition) is 2. The fourth-order valence-corrected chi connectivity index (χ4v) is 2.40. The lowest BCUT2D eigenvalue weighted by Crippen LogP contribution is -2.34. The quantitative estimate of drug-likeness (QED) is 0.862. The third-order valence-electron chi connectivity index (χ3n) is 3.36. The Morgan fingerprint density at radius 1 is 1.09 bits per heavy atom. The van der Waals surface area contributed by atoms with E-state index >= 15 is 0 Å². The van der Waals surface area contributed by atoms with Crippen molar-refractivity contribution >= 4 is 29.2 Å². The van der Waals surface area contributed by atoms with Crippen molar-refractivity contribution in [2.75, 3.05) is 11.9 Å². The summed E-state index contributed by atoms with van der Waals surface area (Å²) in [5.41, 5.74) is 1.77. The van der Waals surface area contributed by atoms with E-state index in [1.165, 1.54) is 17.0 Å². The first-order valence-corrected chi connectivity index (χ1v) is 7.21. The third kappa shape index (κ3) is 3.86. The topological polar surface area (TPSA) is 57.6 Å². The van der Waals surface area contributed by atoms with Gasteiger partial charge in [-0.1, -0.05) is 30.3 Å². The summed E-state index contributed by atoms with van der Waals surface area (Å²) in [4.78, 5) is 24.6. The van der Waals surface area contributed by atoms with Crippen LogP contribution in [0.1, 0.15) is 15.9 Å². The molecule has 0 aliphatic heterocycles. The number of benzene rings is 2. The Morgan fingerprint density at radius 2 is 1.68 bits per heavy atom. The molecule has 0 saturated heterocycles. The molecule has 0 bridgehead atoms. The van der Waals surface area contributed by atoms with Gasteiger partial charge < -0.3 is 10.0 Å². The Morgan fingerprint density at radius 3 is 2.23 bits per heavy atom. The number of amides is 1. The minimum atomic E-state index is -1.00. The summed E-state index contributed by atoms with van der Waals surface area (Å²) in [6, 6.07) is 15.7. The number of anilines is 1. The van der Waals surface area contributed by atoms with E-state index in [1.54, 1.807) is 19.2 Å². The van der Waals surface area contributed by atoms with Gasteiger partial charge in [0.05, 0.1) is 5.56 Å². The smallest absolute Gasteiger partial charge is 0.335 e. The first kappa shape index (κ1) is 16.0. The van der Waals surface area contributed by atoms with Crippen LogP contribution in [0.2, 0.25) is 0 Å². The highest BCUT2D eigenvalue weighted by Crippen LogP contribution is 2.18. The molecule has 114 valence electrons. The monoisotopic (exact) mass is 317 g/mol. The molecule has 4 nitrogen and oxygen atoms in total. The number of carbonyl (C=O) groups excluding carboxylic acids is 1. The summed E-state index contributed by atoms with van der Waals surface area (Å²) in [6.07, 6.45) is 0.443. The van der Waals surface area contributed by atoms with Gasteiger partial charge in [-0.3, -0.25) is 4.79 Å². The molecule has 0 radical (unpaired) electrons. The van der Waals surface area contributed by atoms with Crippen molar-refractivity contribution in [2.24, 2.45) is 0 Å². The van der Waals surface area contributed by atoms with E-state index in [2.05, 4.69) is 0 Å². The lowest BCUT2D eigenvalue weighted by molar-refractivity contribution is -0.118. The zero-order valence-corrected chi connectivity index (χ0v) is 12.8. The SMILES string of the molecule is CN(C(=O)C(Cl)Cc1ccccc1)c1ccc(C(=O)O)cc1. The van der Waals surface area contributed by atoms with Gasteiger partial charge in [0.1, 0.15) is 5.38 Å². The number of carboxylic acid groups (broad SMARTS) is 1. The molecule has 22 heavy (non-hydrogen) atoms. The number of aromatic carboxylic acids is 1. The molecule has 1 atom stereocenters. The van der Waals surface area contributed by atoms with Crippen LogP contribution in [0, 0.1) is 0 Å². The van der Waals surface area contributed by atoms with Crippen LogP contribution in [-0.2, 0) is 11.2 Å². The molecule has 2 aromatic carbocycles. The lowest BCUT2D eigenvalue weighted by atomic mass is 10.1. The molecule has 1 amide bonds. The molecule has 0 aromatic heterocycles. The highest BCUT2D eigenvalue weighted by molar-refractivity contribution is 6.32. The molecule has 1 N–H and O–H groups in total. The van der Waals surface area contributed by atoms with Crippen molar-refractivity contribution < 1.29 is 14.7 Å². The molecule has 0 aliphatic carbocycles. The van der Waals surface area contributed by atoms with E-state index in [0.29, 0.717) is 12.1 Å². The van der Waals surface area contributed by atoms with Crippen LogP contribution in [0.25, 0.3) is 0 Å². The van der Waals surface area contributed by atoms with E-state index < -0.39 is 11.3 Å². The third-order valence-corrected chi connectivity index (χ3v) is 3.70. The largest absolute Gasteiger partial charge is 0.478 e. The van der Waals surface area contributed by atoms with E-state index in [0.717, 1.165) is 5.56 Å². The summed E-state index contributed by atoms with van der Waals surface area (Å²) >= 11 is 6.21. The number of carboxylic acids is 1. The first-order chi connectivity index (χ1) is 10.5. The summed E-state index contributed by atoms with van der Waals surface area (Å²) in [5, 5.41) is 8.20. The van der Waals surface area contributed by atoms with Crippen LogP contribution in [0.5, 0.6) is 0 Å². The summed E-state index contributed by atoms with van der Waals surface area (Å²) in [5.74, 6) is -1.23. The van der Waals surface area contributed by atoms with Crippen molar-refractivity contribution in [3.63, 3.8) is 0 Å². The number of nitrogens with zero attached hydrogens (tertiary/aromatic N) is 1. The van der Waals surface area contributed by atoms with Crippen LogP contribution in [0.4, 0.5) is 5.69 Å². The number of hydrogen-bond donors (Lipinski definition) is 1. The van der Waals surface area contributed by atoms with Crippen LogP contribution >= 0.6 is 11.6 Å². The molecule has 5 heteroatoms. The van der Waals surface area contributed by atoms with Gasteiger partial charge in [0.25, 0.3) is 0 Å². The van der Waals surface area contributed by atoms with Gasteiger partial charge in [0, 0.05) is 12.7 Å². The molecule has 0 spiro atoms. The second-order valence-corrected chi connectivity index (χ2v) is 5.43. The van der Waals surface area contributed by atoms with Gasteiger partial charge in [0.2, 0.25) is 5.91 Å². The number of alkyl halides is 1. The number of rotatable bonds is 5. The van der Waals surface area contributed by atoms with Gasteiger partial charge in [-0.05, 0) is 36.2 Å². The van der Waals surface area contributed by atoms with Gasteiger partial charge in [-0.15, -0.1) is 11.6 Å². The normalized spacial score (nSPS) is 11.7. The Hall–Kier alpha value is -2.33. The van der Waals surface area contributed by atoms with Crippen LogP contribution in [0.3, 0.4) is 0 Å². The minimum Gasteiger partial charge on any atom is -0.478 e. The molecule has 2 aromatic rings. The fraction of sp³-hybridized carbons (Fsp3) is 0.176. The average Bonchev–Trinajstić information content (AvgIpc) is 2.54. The average molecular weight is 318 g/mol. The van der Waals surface area contributed by atoms with E-state index in [-0.39, 0.29) is 11.5 Å². The predicted molar refractivity (Wildman–Crippen MR) is 86.6 cm³/mol. The predicted octanol–water partition coefficient (Wildman–Crippen LogP) is 3.20. The maximum Gasteiger partial charge on any atom is 0.335 e. The molecule has 2 rings (SSSR count). The molecule has 0 heterocycles.